The third-order valence-corrected chi connectivity index (χ3v) is 5.61. The highest BCUT2D eigenvalue weighted by Crippen LogP contribution is 2.30. The molecule has 2 aromatic carbocycles. The van der Waals surface area contributed by atoms with Crippen LogP contribution in [0.1, 0.15) is 26.3 Å². The van der Waals surface area contributed by atoms with Crippen molar-refractivity contribution < 1.29 is 17.9 Å². The minimum Gasteiger partial charge on any atom is -0.443 e. The molecule has 0 aliphatic carbocycles. The van der Waals surface area contributed by atoms with Gasteiger partial charge in [0, 0.05) is 4.47 Å². The van der Waals surface area contributed by atoms with Crippen LogP contribution in [0.25, 0.3) is 0 Å². The van der Waals surface area contributed by atoms with Crippen molar-refractivity contribution in [2.45, 2.75) is 31.3 Å². The molecule has 0 aliphatic rings. The molecule has 0 heterocycles. The summed E-state index contributed by atoms with van der Waals surface area (Å²) < 4.78 is 31.4. The van der Waals surface area contributed by atoms with Crippen LogP contribution >= 0.6 is 15.9 Å². The van der Waals surface area contributed by atoms with E-state index >= 15 is 0 Å². The van der Waals surface area contributed by atoms with E-state index < -0.39 is 27.4 Å². The number of nitriles is 1. The molecule has 8 heteroatoms. The largest absolute Gasteiger partial charge is 0.443 e. The maximum atomic E-state index is 12.8. The van der Waals surface area contributed by atoms with Crippen LogP contribution in [0.2, 0.25) is 0 Å². The van der Waals surface area contributed by atoms with Crippen LogP contribution in [-0.2, 0) is 14.6 Å². The molecule has 2 rings (SSSR count). The number of benzene rings is 2. The molecule has 142 valence electrons. The Bertz CT molecular complexity index is 977. The van der Waals surface area contributed by atoms with Gasteiger partial charge in [-0.2, -0.15) is 5.26 Å². The fraction of sp³-hybridized carbons (Fsp3) is 0.263. The molecule has 0 unspecified atom stereocenters. The van der Waals surface area contributed by atoms with Crippen LogP contribution in [-0.4, -0.2) is 26.0 Å². The van der Waals surface area contributed by atoms with E-state index in [4.69, 9.17) is 10.00 Å². The van der Waals surface area contributed by atoms with Crippen molar-refractivity contribution in [3.63, 3.8) is 0 Å². The number of ether oxygens (including phenoxy) is 1. The van der Waals surface area contributed by atoms with E-state index in [1.165, 1.54) is 30.3 Å². The van der Waals surface area contributed by atoms with Crippen molar-refractivity contribution in [1.29, 1.82) is 5.26 Å². The van der Waals surface area contributed by atoms with Gasteiger partial charge in [0.1, 0.15) is 11.5 Å². The average Bonchev–Trinajstić information content (AvgIpc) is 2.59. The van der Waals surface area contributed by atoms with Crippen molar-refractivity contribution in [3.05, 3.63) is 58.6 Å². The van der Waals surface area contributed by atoms with Crippen molar-refractivity contribution in [3.8, 4) is 6.07 Å². The van der Waals surface area contributed by atoms with Crippen molar-refractivity contribution in [1.82, 2.24) is 0 Å². The first-order valence-corrected chi connectivity index (χ1v) is 10.5. The van der Waals surface area contributed by atoms with Crippen LogP contribution in [0, 0.1) is 11.3 Å². The molecular formula is C19H19BrN2O4S. The lowest BCUT2D eigenvalue weighted by Crippen LogP contribution is -2.40. The number of amides is 1. The highest BCUT2D eigenvalue weighted by atomic mass is 79.9. The van der Waals surface area contributed by atoms with Crippen LogP contribution in [0.15, 0.2) is 57.9 Å². The highest BCUT2D eigenvalue weighted by molar-refractivity contribution is 9.10. The number of nitrogens with zero attached hydrogens (tertiary/aromatic N) is 2. The molecule has 0 atom stereocenters. The summed E-state index contributed by atoms with van der Waals surface area (Å²) in [5, 5.41) is 9.02. The zero-order valence-electron chi connectivity index (χ0n) is 15.1. The number of rotatable bonds is 4. The Kier molecular flexibility index (Phi) is 6.29. The molecule has 27 heavy (non-hydrogen) atoms. The van der Waals surface area contributed by atoms with Gasteiger partial charge in [-0.3, -0.25) is 4.90 Å². The highest BCUT2D eigenvalue weighted by Gasteiger charge is 2.29. The van der Waals surface area contributed by atoms with Crippen LogP contribution in [0.4, 0.5) is 10.5 Å². The first-order chi connectivity index (χ1) is 12.5. The summed E-state index contributed by atoms with van der Waals surface area (Å²) in [5.74, 6) is -0.601. The minimum atomic E-state index is -3.80. The normalized spacial score (nSPS) is 11.5. The average molecular weight is 451 g/mol. The zero-order chi connectivity index (χ0) is 20.2. The number of carbonyl (C=O) groups is 1. The number of hydrogen-bond acceptors (Lipinski definition) is 5. The van der Waals surface area contributed by atoms with Gasteiger partial charge in [0.15, 0.2) is 9.84 Å². The quantitative estimate of drug-likeness (QED) is 0.684. The third kappa shape index (κ3) is 5.55. The fourth-order valence-electron chi connectivity index (χ4n) is 2.21. The summed E-state index contributed by atoms with van der Waals surface area (Å²) in [6.07, 6.45) is -0.799. The van der Waals surface area contributed by atoms with Gasteiger partial charge in [0.2, 0.25) is 0 Å². The molecule has 0 fully saturated rings. The summed E-state index contributed by atoms with van der Waals surface area (Å²) in [4.78, 5) is 13.9. The molecule has 0 bridgehead atoms. The molecule has 1 amide bonds. The van der Waals surface area contributed by atoms with Crippen molar-refractivity contribution >= 4 is 37.5 Å². The predicted octanol–water partition coefficient (Wildman–Crippen LogP) is 4.49. The van der Waals surface area contributed by atoms with Gasteiger partial charge in [-0.15, -0.1) is 0 Å². The number of sulfone groups is 1. The van der Waals surface area contributed by atoms with E-state index in [-0.39, 0.29) is 4.90 Å². The molecule has 0 saturated carbocycles. The van der Waals surface area contributed by atoms with E-state index in [1.54, 1.807) is 39.0 Å². The van der Waals surface area contributed by atoms with Gasteiger partial charge in [-0.05, 0) is 67.0 Å². The van der Waals surface area contributed by atoms with E-state index in [0.29, 0.717) is 15.7 Å². The van der Waals surface area contributed by atoms with Gasteiger partial charge < -0.3 is 4.74 Å². The monoisotopic (exact) mass is 450 g/mol. The first-order valence-electron chi connectivity index (χ1n) is 8.01. The summed E-state index contributed by atoms with van der Waals surface area (Å²) in [6, 6.07) is 14.4. The number of anilines is 1. The molecule has 0 N–H and O–H groups in total. The van der Waals surface area contributed by atoms with E-state index in [1.807, 2.05) is 6.07 Å². The van der Waals surface area contributed by atoms with Gasteiger partial charge in [-0.1, -0.05) is 18.2 Å². The third-order valence-electron chi connectivity index (χ3n) is 3.38. The molecule has 6 nitrogen and oxygen atoms in total. The molecule has 0 aromatic heterocycles. The standard InChI is InChI=1S/C19H19BrN2O4S/c1-19(2,3)26-18(23)22(17-10-9-14(12-21)11-16(17)20)13-27(24,25)15-7-5-4-6-8-15/h4-11H,13H2,1-3H3. The van der Waals surface area contributed by atoms with Crippen molar-refractivity contribution in [2.75, 3.05) is 10.8 Å². The Hall–Kier alpha value is -2.37. The topological polar surface area (TPSA) is 87.5 Å². The second-order valence-electron chi connectivity index (χ2n) is 6.74. The van der Waals surface area contributed by atoms with E-state index in [9.17, 15) is 13.2 Å². The first kappa shape index (κ1) is 20.9. The maximum Gasteiger partial charge on any atom is 0.415 e. The van der Waals surface area contributed by atoms with Gasteiger partial charge in [0.05, 0.1) is 22.2 Å². The summed E-state index contributed by atoms with van der Waals surface area (Å²) in [7, 11) is -3.80. The summed E-state index contributed by atoms with van der Waals surface area (Å²) >= 11 is 3.30. The number of halogens is 1. The van der Waals surface area contributed by atoms with Gasteiger partial charge in [-0.25, -0.2) is 13.2 Å². The SMILES string of the molecule is CC(C)(C)OC(=O)N(CS(=O)(=O)c1ccccc1)c1ccc(C#N)cc1Br. The Morgan fingerprint density at radius 2 is 1.81 bits per heavy atom. The number of carbonyl (C=O) groups excluding carboxylic acids is 1. The molecule has 2 aromatic rings. The van der Waals surface area contributed by atoms with Gasteiger partial charge >= 0.3 is 6.09 Å². The predicted molar refractivity (Wildman–Crippen MR) is 106 cm³/mol. The summed E-state index contributed by atoms with van der Waals surface area (Å²) in [5.41, 5.74) is -0.131. The molecule has 0 radical (unpaired) electrons. The second kappa shape index (κ2) is 8.11. The molecular weight excluding hydrogens is 432 g/mol. The minimum absolute atomic E-state index is 0.100. The molecule has 0 saturated heterocycles. The Morgan fingerprint density at radius 3 is 2.33 bits per heavy atom. The van der Waals surface area contributed by atoms with Gasteiger partial charge in [0.25, 0.3) is 0 Å². The smallest absolute Gasteiger partial charge is 0.415 e. The lowest BCUT2D eigenvalue weighted by molar-refractivity contribution is 0.0586. The Balaban J connectivity index is 2.48. The fourth-order valence-corrected chi connectivity index (χ4v) is 4.10. The van der Waals surface area contributed by atoms with Crippen LogP contribution < -0.4 is 4.90 Å². The summed E-state index contributed by atoms with van der Waals surface area (Å²) in [6.45, 7) is 5.09. The second-order valence-corrected chi connectivity index (χ2v) is 9.56. The van der Waals surface area contributed by atoms with E-state index in [0.717, 1.165) is 4.90 Å². The Morgan fingerprint density at radius 1 is 1.19 bits per heavy atom. The number of hydrogen-bond donors (Lipinski definition) is 0. The Labute approximate surface area is 167 Å². The zero-order valence-corrected chi connectivity index (χ0v) is 17.5. The molecule has 0 aliphatic heterocycles. The van der Waals surface area contributed by atoms with Crippen molar-refractivity contribution in [2.24, 2.45) is 0 Å². The lowest BCUT2D eigenvalue weighted by atomic mass is 10.2. The lowest BCUT2D eigenvalue weighted by Gasteiger charge is -2.28. The van der Waals surface area contributed by atoms with E-state index in [2.05, 4.69) is 15.9 Å². The maximum absolute atomic E-state index is 12.8. The van der Waals surface area contributed by atoms with Crippen LogP contribution in [0.3, 0.4) is 0 Å². The molecule has 0 spiro atoms. The van der Waals surface area contributed by atoms with Crippen LogP contribution in [0.5, 0.6) is 0 Å².